The topological polar surface area (TPSA) is 43.4 Å². The Labute approximate surface area is 237 Å². The number of rotatable bonds is 14. The molecule has 2 atom stereocenters. The molecule has 3 nitrogen and oxygen atoms in total. The molecule has 0 radical (unpaired) electrons. The molecule has 0 aliphatic heterocycles. The lowest BCUT2D eigenvalue weighted by Crippen LogP contribution is -2.05. The van der Waals surface area contributed by atoms with Gasteiger partial charge in [0.25, 0.3) is 0 Å². The van der Waals surface area contributed by atoms with Gasteiger partial charge in [0.1, 0.15) is 11.6 Å². The highest BCUT2D eigenvalue weighted by Crippen LogP contribution is 2.35. The fourth-order valence-corrected chi connectivity index (χ4v) is 5.25. The number of Topliss-reactive ketones (excluding diaryl/α,β-unsaturated/α-hetero) is 1. The van der Waals surface area contributed by atoms with Gasteiger partial charge in [-0.05, 0) is 92.6 Å². The van der Waals surface area contributed by atoms with Crippen molar-refractivity contribution in [3.63, 3.8) is 0 Å². The molecule has 0 aromatic heterocycles. The van der Waals surface area contributed by atoms with Gasteiger partial charge in [-0.15, -0.1) is 0 Å². The van der Waals surface area contributed by atoms with Crippen molar-refractivity contribution in [2.24, 2.45) is 11.8 Å². The minimum Gasteiger partial charge on any atom is -0.380 e. The van der Waals surface area contributed by atoms with Crippen molar-refractivity contribution in [3.05, 3.63) is 82.2 Å². The van der Waals surface area contributed by atoms with E-state index in [0.29, 0.717) is 55.5 Å². The number of benzene rings is 1. The molecule has 0 bridgehead atoms. The number of carbonyl (C=O) groups excluding carboxylic acids is 2. The number of ketones is 2. The molecule has 1 aromatic rings. The van der Waals surface area contributed by atoms with Crippen molar-refractivity contribution < 1.29 is 18.7 Å². The third kappa shape index (κ3) is 12.6. The summed E-state index contributed by atoms with van der Waals surface area (Å²) in [6, 6.07) is 8.03. The van der Waals surface area contributed by atoms with E-state index in [1.165, 1.54) is 18.4 Å². The SMILES string of the molecule is CCC(=O)CCC/C=C\C[C@H]1CCC[C@@H]1/C=C/C(=O)CCC1=CCCC=C1F.COCc1ccccc1Br. The Morgan fingerprint density at radius 3 is 2.63 bits per heavy atom. The molecule has 38 heavy (non-hydrogen) atoms. The van der Waals surface area contributed by atoms with Crippen LogP contribution in [0.4, 0.5) is 4.39 Å². The highest BCUT2D eigenvalue weighted by Gasteiger charge is 2.24. The van der Waals surface area contributed by atoms with Gasteiger partial charge < -0.3 is 4.74 Å². The minimum atomic E-state index is -0.148. The summed E-state index contributed by atoms with van der Waals surface area (Å²) >= 11 is 3.42. The number of unbranched alkanes of at least 4 members (excludes halogenated alkanes) is 1. The molecule has 2 aliphatic rings. The van der Waals surface area contributed by atoms with Crippen LogP contribution >= 0.6 is 15.9 Å². The van der Waals surface area contributed by atoms with Crippen LogP contribution in [0.15, 0.2) is 76.6 Å². The predicted molar refractivity (Wildman–Crippen MR) is 158 cm³/mol. The second-order valence-electron chi connectivity index (χ2n) is 10.1. The second kappa shape index (κ2) is 19.0. The molecule has 0 spiro atoms. The first kappa shape index (κ1) is 32.1. The molecule has 0 saturated heterocycles. The number of ether oxygens (including phenoxy) is 1. The van der Waals surface area contributed by atoms with Crippen LogP contribution in [0.25, 0.3) is 0 Å². The van der Waals surface area contributed by atoms with E-state index in [4.69, 9.17) is 4.74 Å². The Morgan fingerprint density at radius 2 is 1.89 bits per heavy atom. The van der Waals surface area contributed by atoms with Crippen molar-refractivity contribution in [3.8, 4) is 0 Å². The van der Waals surface area contributed by atoms with Crippen molar-refractivity contribution >= 4 is 27.5 Å². The first-order valence-electron chi connectivity index (χ1n) is 14.1. The van der Waals surface area contributed by atoms with Gasteiger partial charge in [-0.1, -0.05) is 71.8 Å². The molecule has 1 saturated carbocycles. The average molecular weight is 588 g/mol. The van der Waals surface area contributed by atoms with Gasteiger partial charge in [-0.2, -0.15) is 0 Å². The van der Waals surface area contributed by atoms with Gasteiger partial charge in [0.05, 0.1) is 6.61 Å². The standard InChI is InChI=1S/C25H35FO2.C8H9BrO/c1-2-23(27)14-6-4-3-5-10-20-12-9-13-21(20)16-18-24(28)19-17-22-11-7-8-15-25(22)26;1-10-6-7-4-2-3-5-8(7)9/h3,5,11,15-16,18,20-21H,2,4,6-10,12-14,17,19H2,1H3;2-5H,6H2,1H3/b5-3-,18-16+;/t20-,21+;/m0./s1. The summed E-state index contributed by atoms with van der Waals surface area (Å²) in [5, 5.41) is 0. The van der Waals surface area contributed by atoms with Crippen molar-refractivity contribution in [1.82, 2.24) is 0 Å². The summed E-state index contributed by atoms with van der Waals surface area (Å²) in [5.74, 6) is 1.38. The fraction of sp³-hybridized carbons (Fsp3) is 0.515. The van der Waals surface area contributed by atoms with E-state index in [1.807, 2.05) is 37.3 Å². The third-order valence-electron chi connectivity index (χ3n) is 7.16. The molecule has 0 heterocycles. The highest BCUT2D eigenvalue weighted by atomic mass is 79.9. The zero-order valence-corrected chi connectivity index (χ0v) is 24.7. The number of hydrogen-bond acceptors (Lipinski definition) is 3. The molecular formula is C33H44BrFO3. The van der Waals surface area contributed by atoms with Crippen LogP contribution in [0.1, 0.15) is 89.5 Å². The smallest absolute Gasteiger partial charge is 0.155 e. The lowest BCUT2D eigenvalue weighted by atomic mass is 9.91. The third-order valence-corrected chi connectivity index (χ3v) is 7.93. The molecule has 0 amide bonds. The Kier molecular flexibility index (Phi) is 16.1. The molecule has 5 heteroatoms. The van der Waals surface area contributed by atoms with Crippen LogP contribution in [0, 0.1) is 11.8 Å². The molecule has 0 unspecified atom stereocenters. The summed E-state index contributed by atoms with van der Waals surface area (Å²) in [6.07, 6.45) is 22.2. The summed E-state index contributed by atoms with van der Waals surface area (Å²) in [6.45, 7) is 2.58. The molecule has 208 valence electrons. The summed E-state index contributed by atoms with van der Waals surface area (Å²) in [5.41, 5.74) is 1.88. The second-order valence-corrected chi connectivity index (χ2v) is 10.9. The fourth-order valence-electron chi connectivity index (χ4n) is 4.86. The van der Waals surface area contributed by atoms with Gasteiger partial charge in [-0.25, -0.2) is 4.39 Å². The zero-order valence-electron chi connectivity index (χ0n) is 23.1. The number of carbonyl (C=O) groups is 2. The van der Waals surface area contributed by atoms with E-state index in [1.54, 1.807) is 19.3 Å². The number of allylic oxidation sites excluding steroid dienone is 8. The largest absolute Gasteiger partial charge is 0.380 e. The van der Waals surface area contributed by atoms with Crippen LogP contribution < -0.4 is 0 Å². The van der Waals surface area contributed by atoms with E-state index in [2.05, 4.69) is 34.2 Å². The monoisotopic (exact) mass is 586 g/mol. The van der Waals surface area contributed by atoms with Crippen molar-refractivity contribution in [2.45, 2.75) is 90.6 Å². The van der Waals surface area contributed by atoms with Crippen LogP contribution in [0.2, 0.25) is 0 Å². The zero-order chi connectivity index (χ0) is 27.6. The Morgan fingerprint density at radius 1 is 1.11 bits per heavy atom. The number of halogens is 2. The first-order valence-corrected chi connectivity index (χ1v) is 14.9. The van der Waals surface area contributed by atoms with Crippen LogP contribution in [-0.4, -0.2) is 18.7 Å². The maximum Gasteiger partial charge on any atom is 0.155 e. The van der Waals surface area contributed by atoms with Crippen LogP contribution in [0.5, 0.6) is 0 Å². The minimum absolute atomic E-state index is 0.0982. The molecule has 1 fully saturated rings. The molecule has 3 rings (SSSR count). The van der Waals surface area contributed by atoms with E-state index in [-0.39, 0.29) is 11.6 Å². The number of methoxy groups -OCH3 is 1. The van der Waals surface area contributed by atoms with Crippen LogP contribution in [-0.2, 0) is 20.9 Å². The lowest BCUT2D eigenvalue weighted by molar-refractivity contribution is -0.119. The molecule has 2 aliphatic carbocycles. The maximum absolute atomic E-state index is 13.7. The molecular weight excluding hydrogens is 543 g/mol. The van der Waals surface area contributed by atoms with Crippen molar-refractivity contribution in [1.29, 1.82) is 0 Å². The Bertz CT molecular complexity index is 992. The molecule has 1 aromatic carbocycles. The van der Waals surface area contributed by atoms with Gasteiger partial charge in [0, 0.05) is 30.8 Å². The van der Waals surface area contributed by atoms with Crippen LogP contribution in [0.3, 0.4) is 0 Å². The van der Waals surface area contributed by atoms with Gasteiger partial charge in [-0.3, -0.25) is 9.59 Å². The van der Waals surface area contributed by atoms with E-state index >= 15 is 0 Å². The average Bonchev–Trinajstić information content (AvgIpc) is 3.38. The summed E-state index contributed by atoms with van der Waals surface area (Å²) < 4.78 is 19.8. The van der Waals surface area contributed by atoms with E-state index in [0.717, 1.165) is 43.0 Å². The van der Waals surface area contributed by atoms with Crippen molar-refractivity contribution in [2.75, 3.05) is 7.11 Å². The molecule has 0 N–H and O–H groups in total. The van der Waals surface area contributed by atoms with Gasteiger partial charge in [0.15, 0.2) is 5.78 Å². The Balaban J connectivity index is 0.000000423. The van der Waals surface area contributed by atoms with E-state index in [9.17, 15) is 14.0 Å². The number of hydrogen-bond donors (Lipinski definition) is 0. The summed E-state index contributed by atoms with van der Waals surface area (Å²) in [7, 11) is 1.69. The van der Waals surface area contributed by atoms with E-state index < -0.39 is 0 Å². The predicted octanol–water partition coefficient (Wildman–Crippen LogP) is 9.57. The lowest BCUT2D eigenvalue weighted by Gasteiger charge is -2.14. The normalized spacial score (nSPS) is 19.3. The quantitative estimate of drug-likeness (QED) is 0.124. The maximum atomic E-state index is 13.7. The summed E-state index contributed by atoms with van der Waals surface area (Å²) in [4.78, 5) is 23.5. The van der Waals surface area contributed by atoms with Gasteiger partial charge in [0.2, 0.25) is 0 Å². The Hall–Kier alpha value is -2.11. The highest BCUT2D eigenvalue weighted by molar-refractivity contribution is 9.10. The first-order chi connectivity index (χ1) is 18.4. The van der Waals surface area contributed by atoms with Gasteiger partial charge >= 0.3 is 0 Å².